The van der Waals surface area contributed by atoms with Crippen LogP contribution in [0, 0.1) is 6.92 Å². The lowest BCUT2D eigenvalue weighted by atomic mass is 10.8. The van der Waals surface area contributed by atoms with Gasteiger partial charge in [0.05, 0.1) is 0 Å². The smallest absolute Gasteiger partial charge is 0.351 e. The average Bonchev–Trinajstić information content (AvgIpc) is 2.35. The van der Waals surface area contributed by atoms with Gasteiger partial charge < -0.3 is 4.42 Å². The fourth-order valence-corrected chi connectivity index (χ4v) is 1.22. The lowest BCUT2D eigenvalue weighted by molar-refractivity contribution is 0.393. The minimum atomic E-state index is -3.56. The van der Waals surface area contributed by atoms with E-state index >= 15 is 0 Å². The summed E-state index contributed by atoms with van der Waals surface area (Å²) in [6.07, 6.45) is 0. The molecule has 0 aliphatic rings. The summed E-state index contributed by atoms with van der Waals surface area (Å²) in [7, 11) is -0.768. The number of aromatic nitrogens is 2. The average molecular weight is 191 g/mol. The Morgan fingerprint density at radius 2 is 1.92 bits per heavy atom. The van der Waals surface area contributed by atoms with Crippen LogP contribution in [0.1, 0.15) is 5.89 Å². The SMILES string of the molecule is Cc1nnc(S(=O)(=O)N(C)C)o1. The quantitative estimate of drug-likeness (QED) is 0.637. The summed E-state index contributed by atoms with van der Waals surface area (Å²) in [6, 6.07) is 0. The molecule has 0 amide bonds. The summed E-state index contributed by atoms with van der Waals surface area (Å²) in [6.45, 7) is 1.53. The number of nitrogens with zero attached hydrogens (tertiary/aromatic N) is 3. The predicted molar refractivity (Wildman–Crippen MR) is 39.9 cm³/mol. The molecule has 0 unspecified atom stereocenters. The summed E-state index contributed by atoms with van der Waals surface area (Å²) in [5.74, 6) is 0.232. The Labute approximate surface area is 70.2 Å². The van der Waals surface area contributed by atoms with Crippen molar-refractivity contribution in [3.63, 3.8) is 0 Å². The van der Waals surface area contributed by atoms with Gasteiger partial charge in [-0.05, 0) is 0 Å². The topological polar surface area (TPSA) is 76.3 Å². The predicted octanol–water partition coefficient (Wildman–Crippen LogP) is -0.372. The first-order valence-corrected chi connectivity index (χ1v) is 4.61. The second kappa shape index (κ2) is 2.83. The summed E-state index contributed by atoms with van der Waals surface area (Å²) >= 11 is 0. The molecule has 0 radical (unpaired) electrons. The highest BCUT2D eigenvalue weighted by Crippen LogP contribution is 2.09. The molecule has 0 spiro atoms. The molecule has 0 atom stereocenters. The molecule has 6 nitrogen and oxygen atoms in total. The monoisotopic (exact) mass is 191 g/mol. The minimum Gasteiger partial charge on any atom is -0.412 e. The van der Waals surface area contributed by atoms with E-state index < -0.39 is 10.0 Å². The molecule has 0 saturated carbocycles. The highest BCUT2D eigenvalue weighted by atomic mass is 32.2. The molecular formula is C5H9N3O3S. The van der Waals surface area contributed by atoms with Gasteiger partial charge in [0.15, 0.2) is 0 Å². The number of hydrogen-bond acceptors (Lipinski definition) is 5. The molecule has 0 fully saturated rings. The maximum absolute atomic E-state index is 11.3. The molecule has 68 valence electrons. The van der Waals surface area contributed by atoms with Gasteiger partial charge in [0.1, 0.15) is 0 Å². The lowest BCUT2D eigenvalue weighted by Crippen LogP contribution is -2.22. The Morgan fingerprint density at radius 3 is 2.25 bits per heavy atom. The van der Waals surface area contributed by atoms with Crippen LogP contribution in [0.5, 0.6) is 0 Å². The third-order valence-electron chi connectivity index (χ3n) is 1.21. The molecule has 1 heterocycles. The Kier molecular flexibility index (Phi) is 2.16. The number of sulfonamides is 1. The third-order valence-corrected chi connectivity index (χ3v) is 2.78. The van der Waals surface area contributed by atoms with E-state index in [2.05, 4.69) is 10.2 Å². The Bertz CT molecular complexity index is 367. The van der Waals surface area contributed by atoms with Crippen molar-refractivity contribution in [2.24, 2.45) is 0 Å². The van der Waals surface area contributed by atoms with Crippen LogP contribution in [0.2, 0.25) is 0 Å². The van der Waals surface area contributed by atoms with E-state index in [4.69, 9.17) is 4.42 Å². The number of rotatable bonds is 2. The van der Waals surface area contributed by atoms with E-state index in [1.807, 2.05) is 0 Å². The molecular weight excluding hydrogens is 182 g/mol. The van der Waals surface area contributed by atoms with Crippen molar-refractivity contribution < 1.29 is 12.8 Å². The summed E-state index contributed by atoms with van der Waals surface area (Å²) < 4.78 is 28.3. The first-order valence-electron chi connectivity index (χ1n) is 3.17. The Morgan fingerprint density at radius 1 is 1.33 bits per heavy atom. The first kappa shape index (κ1) is 9.14. The lowest BCUT2D eigenvalue weighted by Gasteiger charge is -2.05. The van der Waals surface area contributed by atoms with Crippen LogP contribution >= 0.6 is 0 Å². The van der Waals surface area contributed by atoms with Crippen LogP contribution in [-0.4, -0.2) is 37.0 Å². The molecule has 12 heavy (non-hydrogen) atoms. The van der Waals surface area contributed by atoms with Crippen molar-refractivity contribution in [3.05, 3.63) is 5.89 Å². The second-order valence-corrected chi connectivity index (χ2v) is 4.40. The van der Waals surface area contributed by atoms with E-state index in [0.29, 0.717) is 0 Å². The molecule has 1 rings (SSSR count). The molecule has 1 aromatic rings. The van der Waals surface area contributed by atoms with Gasteiger partial charge in [-0.2, -0.15) is 4.31 Å². The molecule has 0 bridgehead atoms. The third kappa shape index (κ3) is 1.46. The maximum atomic E-state index is 11.3. The minimum absolute atomic E-state index is 0.232. The van der Waals surface area contributed by atoms with Crippen molar-refractivity contribution in [1.29, 1.82) is 0 Å². The fourth-order valence-electron chi connectivity index (χ4n) is 0.539. The first-order chi connectivity index (χ1) is 5.44. The molecule has 0 aliphatic carbocycles. The van der Waals surface area contributed by atoms with Gasteiger partial charge in [-0.15, -0.1) is 5.10 Å². The van der Waals surface area contributed by atoms with Crippen LogP contribution in [0.3, 0.4) is 0 Å². The van der Waals surface area contributed by atoms with E-state index in [-0.39, 0.29) is 11.1 Å². The molecule has 0 saturated heterocycles. The molecule has 0 N–H and O–H groups in total. The molecule has 1 aromatic heterocycles. The summed E-state index contributed by atoms with van der Waals surface area (Å²) in [5.41, 5.74) is 0. The maximum Gasteiger partial charge on any atom is 0.351 e. The standard InChI is InChI=1S/C5H9N3O3S/c1-4-6-7-5(11-4)12(9,10)8(2)3/h1-3H3. The highest BCUT2D eigenvalue weighted by molar-refractivity contribution is 7.88. The van der Waals surface area contributed by atoms with Gasteiger partial charge in [0, 0.05) is 21.0 Å². The van der Waals surface area contributed by atoms with Crippen LogP contribution in [-0.2, 0) is 10.0 Å². The number of hydrogen-bond donors (Lipinski definition) is 0. The van der Waals surface area contributed by atoms with E-state index in [9.17, 15) is 8.42 Å². The van der Waals surface area contributed by atoms with Gasteiger partial charge in [0.25, 0.3) is 10.0 Å². The van der Waals surface area contributed by atoms with E-state index in [0.717, 1.165) is 4.31 Å². The zero-order chi connectivity index (χ0) is 9.35. The summed E-state index contributed by atoms with van der Waals surface area (Å²) in [4.78, 5) is 0. The number of aryl methyl sites for hydroxylation is 1. The van der Waals surface area contributed by atoms with Gasteiger partial charge in [-0.3, -0.25) is 0 Å². The van der Waals surface area contributed by atoms with Crippen molar-refractivity contribution >= 4 is 10.0 Å². The van der Waals surface area contributed by atoms with Crippen molar-refractivity contribution in [3.8, 4) is 0 Å². The molecule has 0 aliphatic heterocycles. The summed E-state index contributed by atoms with van der Waals surface area (Å²) in [5, 5.41) is 6.43. The van der Waals surface area contributed by atoms with Crippen LogP contribution in [0.25, 0.3) is 0 Å². The van der Waals surface area contributed by atoms with Gasteiger partial charge >= 0.3 is 5.22 Å². The largest absolute Gasteiger partial charge is 0.412 e. The fraction of sp³-hybridized carbons (Fsp3) is 0.600. The van der Waals surface area contributed by atoms with E-state index in [1.54, 1.807) is 0 Å². The Hall–Kier alpha value is -0.950. The van der Waals surface area contributed by atoms with Gasteiger partial charge in [0.2, 0.25) is 5.89 Å². The van der Waals surface area contributed by atoms with Crippen LogP contribution in [0.15, 0.2) is 9.64 Å². The van der Waals surface area contributed by atoms with Gasteiger partial charge in [-0.25, -0.2) is 8.42 Å². The van der Waals surface area contributed by atoms with Crippen LogP contribution < -0.4 is 0 Å². The Balaban J connectivity index is 3.15. The van der Waals surface area contributed by atoms with E-state index in [1.165, 1.54) is 21.0 Å². The van der Waals surface area contributed by atoms with Crippen molar-refractivity contribution in [1.82, 2.24) is 14.5 Å². The van der Waals surface area contributed by atoms with Crippen molar-refractivity contribution in [2.45, 2.75) is 12.1 Å². The highest BCUT2D eigenvalue weighted by Gasteiger charge is 2.23. The van der Waals surface area contributed by atoms with Crippen LogP contribution in [0.4, 0.5) is 0 Å². The molecule has 0 aromatic carbocycles. The zero-order valence-electron chi connectivity index (χ0n) is 6.97. The second-order valence-electron chi connectivity index (χ2n) is 2.37. The van der Waals surface area contributed by atoms with Gasteiger partial charge in [-0.1, -0.05) is 5.10 Å². The molecule has 7 heteroatoms. The van der Waals surface area contributed by atoms with Crippen molar-refractivity contribution in [2.75, 3.05) is 14.1 Å². The normalized spacial score (nSPS) is 12.3. The zero-order valence-corrected chi connectivity index (χ0v) is 7.79.